The van der Waals surface area contributed by atoms with Crippen LogP contribution in [0.5, 0.6) is 0 Å². The first kappa shape index (κ1) is 18.0. The number of hydrogen-bond acceptors (Lipinski definition) is 3. The lowest BCUT2D eigenvalue weighted by atomic mass is 9.86. The van der Waals surface area contributed by atoms with E-state index in [4.69, 9.17) is 5.11 Å². The maximum atomic E-state index is 12.3. The molecule has 1 aliphatic rings. The second-order valence-electron chi connectivity index (χ2n) is 6.58. The molecule has 0 heterocycles. The Kier molecular flexibility index (Phi) is 5.95. The molecule has 0 aromatic heterocycles. The Morgan fingerprint density at radius 3 is 2.12 bits per heavy atom. The van der Waals surface area contributed by atoms with Gasteiger partial charge in [-0.1, -0.05) is 13.8 Å². The third-order valence-corrected chi connectivity index (χ3v) is 4.35. The van der Waals surface area contributed by atoms with Crippen LogP contribution in [-0.2, 0) is 9.59 Å². The molecule has 1 fully saturated rings. The fraction of sp³-hybridized carbons (Fsp3) is 0.500. The van der Waals surface area contributed by atoms with E-state index in [0.29, 0.717) is 36.9 Å². The minimum Gasteiger partial charge on any atom is -0.481 e. The quantitative estimate of drug-likeness (QED) is 0.772. The molecule has 2 rings (SSSR count). The number of amides is 2. The first-order valence-corrected chi connectivity index (χ1v) is 8.31. The van der Waals surface area contributed by atoms with Crippen LogP contribution in [0, 0.1) is 11.8 Å². The number of aliphatic carboxylic acids is 1. The second kappa shape index (κ2) is 7.95. The van der Waals surface area contributed by atoms with E-state index < -0.39 is 5.97 Å². The van der Waals surface area contributed by atoms with Crippen LogP contribution in [0.15, 0.2) is 24.3 Å². The van der Waals surface area contributed by atoms with Crippen molar-refractivity contribution in [3.63, 3.8) is 0 Å². The van der Waals surface area contributed by atoms with E-state index in [0.717, 1.165) is 0 Å². The van der Waals surface area contributed by atoms with Gasteiger partial charge >= 0.3 is 5.97 Å². The van der Waals surface area contributed by atoms with Crippen molar-refractivity contribution in [2.45, 2.75) is 45.6 Å². The lowest BCUT2D eigenvalue weighted by Crippen LogP contribution is -2.38. The summed E-state index contributed by atoms with van der Waals surface area (Å²) >= 11 is 0. The van der Waals surface area contributed by atoms with Gasteiger partial charge in [0.05, 0.1) is 5.92 Å². The van der Waals surface area contributed by atoms with Crippen LogP contribution in [0.25, 0.3) is 0 Å². The number of hydrogen-bond donors (Lipinski definition) is 3. The van der Waals surface area contributed by atoms with Crippen molar-refractivity contribution in [3.8, 4) is 0 Å². The molecule has 1 aliphatic carbocycles. The minimum absolute atomic E-state index is 0.0217. The third-order valence-electron chi connectivity index (χ3n) is 4.35. The average Bonchev–Trinajstić information content (AvgIpc) is 2.55. The number of benzene rings is 1. The van der Waals surface area contributed by atoms with E-state index in [1.54, 1.807) is 24.3 Å². The lowest BCUT2D eigenvalue weighted by molar-refractivity contribution is -0.142. The number of nitrogens with one attached hydrogen (secondary N) is 2. The molecule has 0 radical (unpaired) electrons. The van der Waals surface area contributed by atoms with Crippen LogP contribution in [0.3, 0.4) is 0 Å². The molecule has 0 spiro atoms. The van der Waals surface area contributed by atoms with Gasteiger partial charge in [0.25, 0.3) is 5.91 Å². The van der Waals surface area contributed by atoms with Gasteiger partial charge in [0, 0.05) is 23.2 Å². The normalized spacial score (nSPS) is 20.5. The average molecular weight is 332 g/mol. The molecule has 1 aromatic carbocycles. The summed E-state index contributed by atoms with van der Waals surface area (Å²) in [6.45, 7) is 3.63. The highest BCUT2D eigenvalue weighted by Crippen LogP contribution is 2.24. The SMILES string of the molecule is CC(C)C(=O)Nc1ccc(C(=O)NC2CCC(C(=O)O)CC2)cc1. The molecular formula is C18H24N2O4. The molecule has 24 heavy (non-hydrogen) atoms. The molecular weight excluding hydrogens is 308 g/mol. The Labute approximate surface area is 141 Å². The van der Waals surface area contributed by atoms with Gasteiger partial charge in [-0.3, -0.25) is 14.4 Å². The first-order chi connectivity index (χ1) is 11.4. The Morgan fingerprint density at radius 1 is 1.04 bits per heavy atom. The highest BCUT2D eigenvalue weighted by atomic mass is 16.4. The Balaban J connectivity index is 1.87. The summed E-state index contributed by atoms with van der Waals surface area (Å²) in [6.07, 6.45) is 2.57. The Hall–Kier alpha value is -2.37. The summed E-state index contributed by atoms with van der Waals surface area (Å²) in [6, 6.07) is 6.78. The molecule has 3 N–H and O–H groups in total. The van der Waals surface area contributed by atoms with Crippen LogP contribution < -0.4 is 10.6 Å². The van der Waals surface area contributed by atoms with Gasteiger partial charge in [0.1, 0.15) is 0 Å². The van der Waals surface area contributed by atoms with Crippen molar-refractivity contribution in [2.75, 3.05) is 5.32 Å². The second-order valence-corrected chi connectivity index (χ2v) is 6.58. The van der Waals surface area contributed by atoms with Gasteiger partial charge in [-0.2, -0.15) is 0 Å². The zero-order valence-electron chi connectivity index (χ0n) is 14.0. The summed E-state index contributed by atoms with van der Waals surface area (Å²) in [7, 11) is 0. The van der Waals surface area contributed by atoms with Crippen molar-refractivity contribution in [1.29, 1.82) is 0 Å². The lowest BCUT2D eigenvalue weighted by Gasteiger charge is -2.26. The molecule has 1 saturated carbocycles. The van der Waals surface area contributed by atoms with Gasteiger partial charge in [-0.05, 0) is 49.9 Å². The van der Waals surface area contributed by atoms with Gasteiger partial charge < -0.3 is 15.7 Å². The van der Waals surface area contributed by atoms with E-state index in [-0.39, 0.29) is 29.7 Å². The van der Waals surface area contributed by atoms with E-state index >= 15 is 0 Å². The molecule has 1 aromatic rings. The maximum Gasteiger partial charge on any atom is 0.306 e. The molecule has 0 saturated heterocycles. The monoisotopic (exact) mass is 332 g/mol. The standard InChI is InChI=1S/C18H24N2O4/c1-11(2)16(21)19-14-7-3-12(4-8-14)17(22)20-15-9-5-13(6-10-15)18(23)24/h3-4,7-8,11,13,15H,5-6,9-10H2,1-2H3,(H,19,21)(H,20,22)(H,23,24). The maximum absolute atomic E-state index is 12.3. The number of carbonyl (C=O) groups is 3. The van der Waals surface area contributed by atoms with Crippen molar-refractivity contribution in [3.05, 3.63) is 29.8 Å². The number of carboxylic acids is 1. The van der Waals surface area contributed by atoms with Crippen molar-refractivity contribution >= 4 is 23.5 Å². The molecule has 2 amide bonds. The minimum atomic E-state index is -0.751. The molecule has 130 valence electrons. The molecule has 0 atom stereocenters. The first-order valence-electron chi connectivity index (χ1n) is 8.31. The summed E-state index contributed by atoms with van der Waals surface area (Å²) in [5, 5.41) is 14.7. The highest BCUT2D eigenvalue weighted by Gasteiger charge is 2.26. The van der Waals surface area contributed by atoms with Crippen molar-refractivity contribution in [2.24, 2.45) is 11.8 Å². The molecule has 0 unspecified atom stereocenters. The summed E-state index contributed by atoms with van der Waals surface area (Å²) in [5.41, 5.74) is 1.19. The smallest absolute Gasteiger partial charge is 0.306 e. The number of rotatable bonds is 5. The van der Waals surface area contributed by atoms with Crippen LogP contribution in [0.4, 0.5) is 5.69 Å². The largest absolute Gasteiger partial charge is 0.481 e. The zero-order valence-corrected chi connectivity index (χ0v) is 14.0. The number of carboxylic acid groups (broad SMARTS) is 1. The van der Waals surface area contributed by atoms with E-state index in [2.05, 4.69) is 10.6 Å². The predicted molar refractivity (Wildman–Crippen MR) is 90.8 cm³/mol. The topological polar surface area (TPSA) is 95.5 Å². The van der Waals surface area contributed by atoms with E-state index in [1.807, 2.05) is 13.8 Å². The molecule has 6 nitrogen and oxygen atoms in total. The van der Waals surface area contributed by atoms with Crippen LogP contribution >= 0.6 is 0 Å². The highest BCUT2D eigenvalue weighted by molar-refractivity contribution is 5.96. The zero-order chi connectivity index (χ0) is 17.7. The van der Waals surface area contributed by atoms with Gasteiger partial charge in [-0.15, -0.1) is 0 Å². The summed E-state index contributed by atoms with van der Waals surface area (Å²) in [5.74, 6) is -1.38. The van der Waals surface area contributed by atoms with Crippen molar-refractivity contribution in [1.82, 2.24) is 5.32 Å². The van der Waals surface area contributed by atoms with Crippen LogP contribution in [0.2, 0.25) is 0 Å². The Morgan fingerprint density at radius 2 is 1.62 bits per heavy atom. The summed E-state index contributed by atoms with van der Waals surface area (Å²) in [4.78, 5) is 34.8. The van der Waals surface area contributed by atoms with Crippen molar-refractivity contribution < 1.29 is 19.5 Å². The number of carbonyl (C=O) groups excluding carboxylic acids is 2. The fourth-order valence-electron chi connectivity index (χ4n) is 2.74. The molecule has 0 aliphatic heterocycles. The van der Waals surface area contributed by atoms with Crippen LogP contribution in [-0.4, -0.2) is 28.9 Å². The fourth-order valence-corrected chi connectivity index (χ4v) is 2.74. The predicted octanol–water partition coefficient (Wildman–Crippen LogP) is 2.65. The van der Waals surface area contributed by atoms with Gasteiger partial charge in [0.15, 0.2) is 0 Å². The van der Waals surface area contributed by atoms with Gasteiger partial charge in [-0.25, -0.2) is 0 Å². The number of anilines is 1. The molecule has 6 heteroatoms. The van der Waals surface area contributed by atoms with Crippen LogP contribution in [0.1, 0.15) is 49.9 Å². The van der Waals surface area contributed by atoms with E-state index in [9.17, 15) is 14.4 Å². The summed E-state index contributed by atoms with van der Waals surface area (Å²) < 4.78 is 0. The third kappa shape index (κ3) is 4.81. The Bertz CT molecular complexity index is 602. The van der Waals surface area contributed by atoms with Gasteiger partial charge in [0.2, 0.25) is 5.91 Å². The molecule has 0 bridgehead atoms. The van der Waals surface area contributed by atoms with E-state index in [1.165, 1.54) is 0 Å².